The molecule has 0 spiro atoms. The Morgan fingerprint density at radius 3 is 2.80 bits per heavy atom. The summed E-state index contributed by atoms with van der Waals surface area (Å²) in [6, 6.07) is 13.7. The number of nitrogens with one attached hydrogen (secondary N) is 1. The van der Waals surface area contributed by atoms with Crippen LogP contribution in [-0.2, 0) is 6.54 Å². The summed E-state index contributed by atoms with van der Waals surface area (Å²) in [6.45, 7) is 0.670. The molecule has 0 aromatic heterocycles. The maximum absolute atomic E-state index is 5.74. The third-order valence-corrected chi connectivity index (χ3v) is 3.58. The van der Waals surface area contributed by atoms with E-state index >= 15 is 0 Å². The maximum atomic E-state index is 5.74. The predicted molar refractivity (Wildman–Crippen MR) is 90.4 cm³/mol. The molecular formula is C15H15BrN2OS. The number of nitrogens with two attached hydrogens (primary N) is 1. The smallest absolute Gasteiger partial charge is 0.119 e. The number of hydrogen-bond acceptors (Lipinski definition) is 3. The van der Waals surface area contributed by atoms with Gasteiger partial charge in [0.2, 0.25) is 0 Å². The van der Waals surface area contributed by atoms with Gasteiger partial charge in [-0.15, -0.1) is 0 Å². The van der Waals surface area contributed by atoms with Crippen molar-refractivity contribution in [3.63, 3.8) is 0 Å². The number of methoxy groups -OCH3 is 1. The number of hydrogen-bond donors (Lipinski definition) is 2. The van der Waals surface area contributed by atoms with Crippen molar-refractivity contribution in [3.8, 4) is 5.75 Å². The van der Waals surface area contributed by atoms with Crippen molar-refractivity contribution in [1.29, 1.82) is 0 Å². The Balaban J connectivity index is 2.17. The summed E-state index contributed by atoms with van der Waals surface area (Å²) in [4.78, 5) is 0.380. The van der Waals surface area contributed by atoms with Crippen molar-refractivity contribution < 1.29 is 4.74 Å². The molecule has 3 N–H and O–H groups in total. The van der Waals surface area contributed by atoms with Gasteiger partial charge in [0.25, 0.3) is 0 Å². The van der Waals surface area contributed by atoms with Crippen LogP contribution in [0.25, 0.3) is 0 Å². The summed E-state index contributed by atoms with van der Waals surface area (Å²) in [6.07, 6.45) is 0. The molecule has 0 aliphatic heterocycles. The van der Waals surface area contributed by atoms with Gasteiger partial charge in [0, 0.05) is 22.3 Å². The third-order valence-electron chi connectivity index (χ3n) is 2.86. The molecule has 2 aromatic carbocycles. The quantitative estimate of drug-likeness (QED) is 0.807. The summed E-state index contributed by atoms with van der Waals surface area (Å²) in [5.41, 5.74) is 8.61. The van der Waals surface area contributed by atoms with Gasteiger partial charge in [-0.25, -0.2) is 0 Å². The minimum absolute atomic E-state index is 0.380. The predicted octanol–water partition coefficient (Wildman–Crippen LogP) is 3.70. The molecule has 0 unspecified atom stereocenters. The fourth-order valence-corrected chi connectivity index (χ4v) is 2.40. The number of halogens is 1. The van der Waals surface area contributed by atoms with Gasteiger partial charge in [0.1, 0.15) is 10.7 Å². The van der Waals surface area contributed by atoms with Crippen LogP contribution in [0.1, 0.15) is 11.1 Å². The largest absolute Gasteiger partial charge is 0.497 e. The van der Waals surface area contributed by atoms with Crippen LogP contribution in [0, 0.1) is 0 Å². The zero-order valence-corrected chi connectivity index (χ0v) is 13.4. The number of ether oxygens (including phenoxy) is 1. The number of rotatable bonds is 5. The van der Waals surface area contributed by atoms with E-state index in [-0.39, 0.29) is 0 Å². The Labute approximate surface area is 132 Å². The lowest BCUT2D eigenvalue weighted by Crippen LogP contribution is -2.13. The fraction of sp³-hybridized carbons (Fsp3) is 0.133. The summed E-state index contributed by atoms with van der Waals surface area (Å²) in [5.74, 6) is 0.841. The molecule has 104 valence electrons. The number of benzene rings is 2. The van der Waals surface area contributed by atoms with Gasteiger partial charge in [-0.05, 0) is 35.9 Å². The van der Waals surface area contributed by atoms with Crippen molar-refractivity contribution in [2.24, 2.45) is 5.73 Å². The van der Waals surface area contributed by atoms with Gasteiger partial charge >= 0.3 is 0 Å². The Kier molecular flexibility index (Phi) is 4.98. The standard InChI is InChI=1S/C15H15BrN2OS/c1-19-12-4-2-3-10(7-12)9-18-14-8-11(16)5-6-13(14)15(17)20/h2-8,18H,9H2,1H3,(H2,17,20). The monoisotopic (exact) mass is 350 g/mol. The first-order chi connectivity index (χ1) is 9.60. The number of anilines is 1. The Bertz CT molecular complexity index is 631. The Morgan fingerprint density at radius 2 is 2.10 bits per heavy atom. The Hall–Kier alpha value is -1.59. The zero-order chi connectivity index (χ0) is 14.5. The molecule has 0 fully saturated rings. The average Bonchev–Trinajstić information content (AvgIpc) is 2.45. The minimum atomic E-state index is 0.380. The highest BCUT2D eigenvalue weighted by Gasteiger charge is 2.06. The van der Waals surface area contributed by atoms with Crippen molar-refractivity contribution >= 4 is 38.8 Å². The van der Waals surface area contributed by atoms with E-state index in [9.17, 15) is 0 Å². The lowest BCUT2D eigenvalue weighted by Gasteiger charge is -2.12. The lowest BCUT2D eigenvalue weighted by atomic mass is 10.1. The van der Waals surface area contributed by atoms with Gasteiger partial charge < -0.3 is 15.8 Å². The second-order valence-electron chi connectivity index (χ2n) is 4.26. The molecule has 0 aliphatic carbocycles. The molecule has 2 rings (SSSR count). The SMILES string of the molecule is COc1cccc(CNc2cc(Br)ccc2C(N)=S)c1. The van der Waals surface area contributed by atoms with Crippen molar-refractivity contribution in [2.45, 2.75) is 6.54 Å². The van der Waals surface area contributed by atoms with Crippen LogP contribution in [0.2, 0.25) is 0 Å². The second kappa shape index (κ2) is 6.72. The first-order valence-electron chi connectivity index (χ1n) is 6.06. The summed E-state index contributed by atoms with van der Waals surface area (Å²) in [7, 11) is 1.66. The Morgan fingerprint density at radius 1 is 1.30 bits per heavy atom. The molecule has 0 saturated heterocycles. The van der Waals surface area contributed by atoms with Crippen LogP contribution >= 0.6 is 28.1 Å². The summed E-state index contributed by atoms with van der Waals surface area (Å²) < 4.78 is 6.19. The maximum Gasteiger partial charge on any atom is 0.119 e. The highest BCUT2D eigenvalue weighted by molar-refractivity contribution is 9.10. The molecule has 0 atom stereocenters. The van der Waals surface area contributed by atoms with Gasteiger partial charge in [-0.2, -0.15) is 0 Å². The van der Waals surface area contributed by atoms with Crippen LogP contribution in [0.5, 0.6) is 5.75 Å². The summed E-state index contributed by atoms with van der Waals surface area (Å²) in [5, 5.41) is 3.35. The van der Waals surface area contributed by atoms with E-state index in [0.29, 0.717) is 11.5 Å². The first kappa shape index (κ1) is 14.8. The highest BCUT2D eigenvalue weighted by atomic mass is 79.9. The van der Waals surface area contributed by atoms with Crippen LogP contribution in [0.4, 0.5) is 5.69 Å². The van der Waals surface area contributed by atoms with Crippen molar-refractivity contribution in [3.05, 3.63) is 58.1 Å². The van der Waals surface area contributed by atoms with Crippen molar-refractivity contribution in [1.82, 2.24) is 0 Å². The van der Waals surface area contributed by atoms with E-state index in [2.05, 4.69) is 21.2 Å². The van der Waals surface area contributed by atoms with Gasteiger partial charge in [0.05, 0.1) is 7.11 Å². The topological polar surface area (TPSA) is 47.3 Å². The molecule has 0 heterocycles. The molecule has 0 saturated carbocycles. The van der Waals surface area contributed by atoms with Crippen molar-refractivity contribution in [2.75, 3.05) is 12.4 Å². The van der Waals surface area contributed by atoms with Gasteiger partial charge in [-0.1, -0.05) is 40.3 Å². The molecule has 5 heteroatoms. The van der Waals surface area contributed by atoms with Crippen LogP contribution in [0.15, 0.2) is 46.9 Å². The minimum Gasteiger partial charge on any atom is -0.497 e. The normalized spacial score (nSPS) is 10.1. The fourth-order valence-electron chi connectivity index (χ4n) is 1.86. The van der Waals surface area contributed by atoms with Crippen LogP contribution in [-0.4, -0.2) is 12.1 Å². The van der Waals surface area contributed by atoms with Gasteiger partial charge in [-0.3, -0.25) is 0 Å². The molecule has 20 heavy (non-hydrogen) atoms. The second-order valence-corrected chi connectivity index (χ2v) is 5.61. The first-order valence-corrected chi connectivity index (χ1v) is 7.26. The average molecular weight is 351 g/mol. The molecule has 0 radical (unpaired) electrons. The summed E-state index contributed by atoms with van der Waals surface area (Å²) >= 11 is 8.52. The number of thiocarbonyl (C=S) groups is 1. The van der Waals surface area contributed by atoms with E-state index in [0.717, 1.165) is 27.0 Å². The van der Waals surface area contributed by atoms with E-state index in [1.54, 1.807) is 7.11 Å². The molecule has 0 aliphatic rings. The van der Waals surface area contributed by atoms with Gasteiger partial charge in [0.15, 0.2) is 0 Å². The van der Waals surface area contributed by atoms with E-state index < -0.39 is 0 Å². The van der Waals surface area contributed by atoms with E-state index in [1.165, 1.54) is 0 Å². The highest BCUT2D eigenvalue weighted by Crippen LogP contribution is 2.22. The van der Waals surface area contributed by atoms with E-state index in [1.807, 2.05) is 42.5 Å². The molecule has 2 aromatic rings. The van der Waals surface area contributed by atoms with Crippen LogP contribution < -0.4 is 15.8 Å². The lowest BCUT2D eigenvalue weighted by molar-refractivity contribution is 0.414. The molecular weight excluding hydrogens is 336 g/mol. The van der Waals surface area contributed by atoms with Crippen LogP contribution in [0.3, 0.4) is 0 Å². The molecule has 0 bridgehead atoms. The van der Waals surface area contributed by atoms with E-state index in [4.69, 9.17) is 22.7 Å². The zero-order valence-electron chi connectivity index (χ0n) is 11.0. The third kappa shape index (κ3) is 3.71. The molecule has 0 amide bonds. The molecule has 3 nitrogen and oxygen atoms in total.